The van der Waals surface area contributed by atoms with Gasteiger partial charge in [0, 0.05) is 41.9 Å². The largest absolute Gasteiger partial charge is 0.459 e. The summed E-state index contributed by atoms with van der Waals surface area (Å²) in [5, 5.41) is 4.41. The maximum atomic E-state index is 14.8. The van der Waals surface area contributed by atoms with Crippen molar-refractivity contribution in [3.05, 3.63) is 71.1 Å². The molecule has 10 nitrogen and oxygen atoms in total. The number of hydrogen-bond donors (Lipinski definition) is 2. The number of benzene rings is 2. The molecule has 3 atom stereocenters. The molecule has 1 aliphatic carbocycles. The first-order chi connectivity index (χ1) is 24.3. The monoisotopic (exact) mass is 737 g/mol. The van der Waals surface area contributed by atoms with E-state index in [1.54, 1.807) is 44.8 Å². The van der Waals surface area contributed by atoms with Gasteiger partial charge in [-0.05, 0) is 70.1 Å². The van der Waals surface area contributed by atoms with Crippen molar-refractivity contribution in [1.29, 1.82) is 0 Å². The molecular formula is C38H48FN5O5S2. The minimum Gasteiger partial charge on any atom is -0.459 e. The summed E-state index contributed by atoms with van der Waals surface area (Å²) >= 11 is 1.56. The van der Waals surface area contributed by atoms with E-state index in [2.05, 4.69) is 34.9 Å². The zero-order chi connectivity index (χ0) is 36.3. The van der Waals surface area contributed by atoms with Crippen LogP contribution in [0.5, 0.6) is 5.75 Å². The number of thioether (sulfide) groups is 1. The molecule has 2 N–H and O–H groups in total. The number of sulfonamides is 1. The normalized spacial score (nSPS) is 22.0. The van der Waals surface area contributed by atoms with E-state index >= 15 is 0 Å². The number of halogens is 1. The van der Waals surface area contributed by atoms with Crippen LogP contribution in [0, 0.1) is 5.92 Å². The van der Waals surface area contributed by atoms with Crippen LogP contribution in [0.15, 0.2) is 65.4 Å². The van der Waals surface area contributed by atoms with Crippen LogP contribution in [-0.4, -0.2) is 65.5 Å². The Balaban J connectivity index is 1.29. The standard InChI is InChI=1S/C38H48FN5O5S2/c1-6-25-20-24(2)50-35(32-18-19-40-36(42-32)41-27-21-26(39)22-44(23-27)37(45)49-38(3,4)5)34(25)48-33-17-16-31(29-14-10-11-15-30(29)33)43-51(46,47)28-12-8-7-9-13-28/h10-11,14-20,25-28,43H,6-9,12-13,21-23H2,1-5H3,(H,40,41,42)/t25?,26-,27?/m0/s1. The molecule has 274 valence electrons. The smallest absolute Gasteiger partial charge is 0.410 e. The van der Waals surface area contributed by atoms with Gasteiger partial charge in [0.1, 0.15) is 23.3 Å². The molecule has 1 aromatic heterocycles. The van der Waals surface area contributed by atoms with E-state index in [4.69, 9.17) is 14.5 Å². The highest BCUT2D eigenvalue weighted by Gasteiger charge is 2.34. The fourth-order valence-corrected chi connectivity index (χ4v) is 9.58. The average molecular weight is 738 g/mol. The summed E-state index contributed by atoms with van der Waals surface area (Å²) in [5.41, 5.74) is 0.500. The van der Waals surface area contributed by atoms with Crippen LogP contribution < -0.4 is 14.8 Å². The third-order valence-corrected chi connectivity index (χ3v) is 12.2. The highest BCUT2D eigenvalue weighted by Crippen LogP contribution is 2.46. The van der Waals surface area contributed by atoms with E-state index in [1.807, 2.05) is 36.4 Å². The number of alkyl halides is 1. The Hall–Kier alpha value is -3.84. The van der Waals surface area contributed by atoms with Crippen LogP contribution in [0.25, 0.3) is 15.7 Å². The molecule has 13 heteroatoms. The number of nitrogens with one attached hydrogen (secondary N) is 2. The number of fused-ring (bicyclic) bond motifs is 1. The first-order valence-electron chi connectivity index (χ1n) is 17.8. The molecule has 2 unspecified atom stereocenters. The van der Waals surface area contributed by atoms with E-state index < -0.39 is 33.9 Å². The van der Waals surface area contributed by atoms with Gasteiger partial charge >= 0.3 is 6.09 Å². The Morgan fingerprint density at radius 3 is 2.53 bits per heavy atom. The fourth-order valence-electron chi connectivity index (χ4n) is 6.91. The number of piperidine rings is 1. The Kier molecular flexibility index (Phi) is 11.2. The van der Waals surface area contributed by atoms with Gasteiger partial charge in [-0.3, -0.25) is 4.72 Å². The van der Waals surface area contributed by atoms with Crippen LogP contribution in [0.1, 0.15) is 85.3 Å². The van der Waals surface area contributed by atoms with Crippen molar-refractivity contribution in [2.24, 2.45) is 5.92 Å². The van der Waals surface area contributed by atoms with Gasteiger partial charge in [0.2, 0.25) is 16.0 Å². The number of aromatic nitrogens is 2. The van der Waals surface area contributed by atoms with Crippen molar-refractivity contribution in [2.75, 3.05) is 23.1 Å². The lowest BCUT2D eigenvalue weighted by Crippen LogP contribution is -2.51. The van der Waals surface area contributed by atoms with Crippen LogP contribution >= 0.6 is 11.8 Å². The average Bonchev–Trinajstić information content (AvgIpc) is 3.09. The zero-order valence-corrected chi connectivity index (χ0v) is 31.6. The number of ether oxygens (including phenoxy) is 2. The van der Waals surface area contributed by atoms with Gasteiger partial charge in [-0.15, -0.1) is 0 Å². The number of rotatable bonds is 9. The van der Waals surface area contributed by atoms with Crippen LogP contribution in [0.3, 0.4) is 0 Å². The summed E-state index contributed by atoms with van der Waals surface area (Å²) in [5.74, 6) is 1.62. The molecule has 0 bridgehead atoms. The maximum absolute atomic E-state index is 14.8. The van der Waals surface area contributed by atoms with Crippen molar-refractivity contribution < 1.29 is 27.1 Å². The molecule has 0 spiro atoms. The fraction of sp³-hybridized carbons (Fsp3) is 0.500. The first-order valence-corrected chi connectivity index (χ1v) is 20.2. The van der Waals surface area contributed by atoms with E-state index in [1.165, 1.54) is 4.90 Å². The van der Waals surface area contributed by atoms with Crippen molar-refractivity contribution in [1.82, 2.24) is 14.9 Å². The summed E-state index contributed by atoms with van der Waals surface area (Å²) in [6.07, 6.45) is 7.35. The van der Waals surface area contributed by atoms with Crippen molar-refractivity contribution in [3.63, 3.8) is 0 Å². The lowest BCUT2D eigenvalue weighted by atomic mass is 10.0. The molecule has 1 amide bonds. The Morgan fingerprint density at radius 2 is 1.80 bits per heavy atom. The SMILES string of the molecule is CCC1C=C(C)SC(c2ccnc(NC3C[C@H](F)CN(C(=O)OC(C)(C)C)C3)n2)=C1Oc1ccc(NS(=O)(=O)C2CCCCC2)c2ccccc12. The number of anilines is 2. The second-order valence-electron chi connectivity index (χ2n) is 14.6. The molecule has 51 heavy (non-hydrogen) atoms. The van der Waals surface area contributed by atoms with Gasteiger partial charge in [-0.25, -0.2) is 27.6 Å². The maximum Gasteiger partial charge on any atom is 0.410 e. The summed E-state index contributed by atoms with van der Waals surface area (Å²) in [6, 6.07) is 12.7. The molecular weight excluding hydrogens is 690 g/mol. The Labute approximate surface area is 304 Å². The molecule has 6 rings (SSSR count). The van der Waals surface area contributed by atoms with Crippen LogP contribution in [0.2, 0.25) is 0 Å². The molecule has 2 aliphatic heterocycles. The molecule has 1 saturated carbocycles. The van der Waals surface area contributed by atoms with E-state index in [0.29, 0.717) is 35.9 Å². The second kappa shape index (κ2) is 15.4. The van der Waals surface area contributed by atoms with Gasteiger partial charge in [-0.2, -0.15) is 0 Å². The quantitative estimate of drug-likeness (QED) is 0.222. The number of carbonyl (C=O) groups excluding carboxylic acids is 1. The molecule has 0 radical (unpaired) electrons. The lowest BCUT2D eigenvalue weighted by molar-refractivity contribution is 0.0124. The second-order valence-corrected chi connectivity index (χ2v) is 17.8. The zero-order valence-electron chi connectivity index (χ0n) is 29.9. The van der Waals surface area contributed by atoms with Gasteiger partial charge in [0.15, 0.2) is 0 Å². The van der Waals surface area contributed by atoms with E-state index in [9.17, 15) is 17.6 Å². The molecule has 3 heterocycles. The van der Waals surface area contributed by atoms with Crippen LogP contribution in [0.4, 0.5) is 20.8 Å². The van der Waals surface area contributed by atoms with Gasteiger partial charge in [-0.1, -0.05) is 68.3 Å². The number of hydrogen-bond acceptors (Lipinski definition) is 9. The van der Waals surface area contributed by atoms with E-state index in [-0.39, 0.29) is 30.7 Å². The predicted molar refractivity (Wildman–Crippen MR) is 203 cm³/mol. The number of amides is 1. The molecule has 3 aliphatic rings. The minimum atomic E-state index is -3.54. The summed E-state index contributed by atoms with van der Waals surface area (Å²) in [7, 11) is -3.54. The summed E-state index contributed by atoms with van der Waals surface area (Å²) in [4.78, 5) is 25.4. The Morgan fingerprint density at radius 1 is 1.06 bits per heavy atom. The molecule has 2 aromatic carbocycles. The van der Waals surface area contributed by atoms with Crippen molar-refractivity contribution >= 4 is 55.2 Å². The number of allylic oxidation sites excluding steroid dienone is 2. The Bertz CT molecular complexity index is 1920. The molecule has 1 saturated heterocycles. The van der Waals surface area contributed by atoms with E-state index in [0.717, 1.165) is 52.0 Å². The van der Waals surface area contributed by atoms with Crippen molar-refractivity contribution in [3.8, 4) is 5.75 Å². The minimum absolute atomic E-state index is 0.0235. The van der Waals surface area contributed by atoms with Crippen molar-refractivity contribution in [2.45, 2.75) is 103 Å². The van der Waals surface area contributed by atoms with Gasteiger partial charge in [0.25, 0.3) is 0 Å². The van der Waals surface area contributed by atoms with Gasteiger partial charge in [0.05, 0.1) is 28.1 Å². The summed E-state index contributed by atoms with van der Waals surface area (Å²) < 4.78 is 56.8. The number of likely N-dealkylation sites (tertiary alicyclic amines) is 1. The third-order valence-electron chi connectivity index (χ3n) is 9.32. The highest BCUT2D eigenvalue weighted by molar-refractivity contribution is 8.11. The number of carbonyl (C=O) groups is 1. The summed E-state index contributed by atoms with van der Waals surface area (Å²) in [6.45, 7) is 9.75. The highest BCUT2D eigenvalue weighted by atomic mass is 32.2. The topological polar surface area (TPSA) is 123 Å². The number of nitrogens with zero attached hydrogens (tertiary/aromatic N) is 3. The molecule has 3 aromatic rings. The lowest BCUT2D eigenvalue weighted by Gasteiger charge is -2.36. The predicted octanol–water partition coefficient (Wildman–Crippen LogP) is 8.89. The first kappa shape index (κ1) is 36.9. The van der Waals surface area contributed by atoms with Gasteiger partial charge < -0.3 is 19.7 Å². The third kappa shape index (κ3) is 8.97. The molecule has 2 fully saturated rings. The van der Waals surface area contributed by atoms with Crippen LogP contribution in [-0.2, 0) is 14.8 Å².